The van der Waals surface area contributed by atoms with Crippen LogP contribution < -0.4 is 19.7 Å². The van der Waals surface area contributed by atoms with Gasteiger partial charge in [-0.2, -0.15) is 0 Å². The van der Waals surface area contributed by atoms with Crippen LogP contribution >= 0.6 is 0 Å². The van der Waals surface area contributed by atoms with E-state index in [2.05, 4.69) is 10.2 Å². The molecule has 2 saturated heterocycles. The molecule has 2 aliphatic rings. The Morgan fingerprint density at radius 2 is 1.69 bits per heavy atom. The van der Waals surface area contributed by atoms with Gasteiger partial charge in [-0.05, 0) is 55.0 Å². The number of methoxy groups -OCH3 is 2. The van der Waals surface area contributed by atoms with Crippen LogP contribution in [0, 0.1) is 5.92 Å². The number of ether oxygens (including phenoxy) is 2. The first-order valence-electron chi connectivity index (χ1n) is 13.6. The number of anilines is 1. The zero-order valence-corrected chi connectivity index (χ0v) is 23.4. The number of nitrogens with one attached hydrogen (secondary N) is 1. The number of para-hydroxylation sites is 1. The lowest BCUT2D eigenvalue weighted by atomic mass is 9.85. The van der Waals surface area contributed by atoms with E-state index >= 15 is 0 Å². The number of amides is 3. The summed E-state index contributed by atoms with van der Waals surface area (Å²) in [5.41, 5.74) is 1.21. The maximum atomic E-state index is 13.9. The first-order chi connectivity index (χ1) is 18.8. The topological polar surface area (TPSA) is 91.4 Å². The van der Waals surface area contributed by atoms with Crippen LogP contribution in [0.2, 0.25) is 0 Å². The molecule has 0 radical (unpaired) electrons. The predicted octanol–water partition coefficient (Wildman–Crippen LogP) is 3.08. The van der Waals surface area contributed by atoms with Gasteiger partial charge in [0.1, 0.15) is 12.1 Å². The van der Waals surface area contributed by atoms with Gasteiger partial charge >= 0.3 is 0 Å². The molecule has 0 aromatic heterocycles. The summed E-state index contributed by atoms with van der Waals surface area (Å²) in [5.74, 6) is 1.50. The minimum Gasteiger partial charge on any atom is -0.493 e. The summed E-state index contributed by atoms with van der Waals surface area (Å²) in [7, 11) is 3.19. The van der Waals surface area contributed by atoms with Crippen molar-refractivity contribution in [1.82, 2.24) is 15.1 Å². The van der Waals surface area contributed by atoms with Crippen molar-refractivity contribution in [1.29, 1.82) is 0 Å². The van der Waals surface area contributed by atoms with Crippen molar-refractivity contribution in [2.45, 2.75) is 45.1 Å². The number of carbonyl (C=O) groups is 3. The molecule has 2 fully saturated rings. The Kier molecular flexibility index (Phi) is 8.99. The number of nitrogens with zero attached hydrogens (tertiary/aromatic N) is 3. The van der Waals surface area contributed by atoms with Crippen molar-refractivity contribution in [3.63, 3.8) is 0 Å². The summed E-state index contributed by atoms with van der Waals surface area (Å²) in [6.45, 7) is 5.92. The maximum Gasteiger partial charge on any atom is 0.250 e. The van der Waals surface area contributed by atoms with Gasteiger partial charge in [0.05, 0.1) is 20.9 Å². The first kappa shape index (κ1) is 28.3. The molecule has 0 aliphatic carbocycles. The van der Waals surface area contributed by atoms with Gasteiger partial charge in [-0.1, -0.05) is 38.1 Å². The Balaban J connectivity index is 1.40. The van der Waals surface area contributed by atoms with Crippen molar-refractivity contribution in [2.24, 2.45) is 5.92 Å². The molecule has 39 heavy (non-hydrogen) atoms. The van der Waals surface area contributed by atoms with Crippen molar-refractivity contribution in [3.05, 3.63) is 54.1 Å². The van der Waals surface area contributed by atoms with Gasteiger partial charge < -0.3 is 29.5 Å². The number of benzene rings is 2. The predicted molar refractivity (Wildman–Crippen MR) is 150 cm³/mol. The van der Waals surface area contributed by atoms with E-state index in [9.17, 15) is 14.4 Å². The molecule has 0 atom stereocenters. The standard InChI is InChI=1S/C30H40N4O5/c1-22(2)18-28(36)32-16-13-30(14-17-32)29(37)33(21-34(30)24-8-6-5-7-9-24)20-27(35)31-15-12-23-10-11-25(38-3)26(19-23)39-4/h5-11,19,22H,12-18,20-21H2,1-4H3,(H,31,35). The monoisotopic (exact) mass is 536 g/mol. The highest BCUT2D eigenvalue weighted by Gasteiger charge is 2.54. The summed E-state index contributed by atoms with van der Waals surface area (Å²) in [6.07, 6.45) is 2.23. The highest BCUT2D eigenvalue weighted by molar-refractivity contribution is 5.96. The van der Waals surface area contributed by atoms with Crippen molar-refractivity contribution < 1.29 is 23.9 Å². The Morgan fingerprint density at radius 1 is 1.00 bits per heavy atom. The molecule has 2 aromatic carbocycles. The highest BCUT2D eigenvalue weighted by Crippen LogP contribution is 2.39. The number of piperidine rings is 1. The smallest absolute Gasteiger partial charge is 0.250 e. The van der Waals surface area contributed by atoms with Crippen LogP contribution in [0.4, 0.5) is 5.69 Å². The van der Waals surface area contributed by atoms with Crippen LogP contribution in [0.5, 0.6) is 11.5 Å². The first-order valence-corrected chi connectivity index (χ1v) is 13.6. The molecule has 210 valence electrons. The van der Waals surface area contributed by atoms with E-state index in [1.165, 1.54) is 0 Å². The molecule has 0 bridgehead atoms. The molecule has 9 heteroatoms. The second-order valence-corrected chi connectivity index (χ2v) is 10.7. The molecule has 2 aromatic rings. The quantitative estimate of drug-likeness (QED) is 0.502. The Morgan fingerprint density at radius 3 is 2.33 bits per heavy atom. The molecule has 1 spiro atoms. The van der Waals surface area contributed by atoms with Gasteiger partial charge in [0.25, 0.3) is 5.91 Å². The number of carbonyl (C=O) groups excluding carboxylic acids is 3. The van der Waals surface area contributed by atoms with Crippen LogP contribution in [0.15, 0.2) is 48.5 Å². The largest absolute Gasteiger partial charge is 0.493 e. The molecule has 4 rings (SSSR count). The molecule has 3 amide bonds. The lowest BCUT2D eigenvalue weighted by Gasteiger charge is -2.43. The van der Waals surface area contributed by atoms with E-state index in [0.29, 0.717) is 69.4 Å². The van der Waals surface area contributed by atoms with E-state index in [-0.39, 0.29) is 24.3 Å². The Hall–Kier alpha value is -3.75. The molecule has 9 nitrogen and oxygen atoms in total. The third-order valence-corrected chi connectivity index (χ3v) is 7.63. The lowest BCUT2D eigenvalue weighted by molar-refractivity contribution is -0.140. The SMILES string of the molecule is COc1ccc(CCNC(=O)CN2CN(c3ccccc3)C3(CCN(C(=O)CC(C)C)CC3)C2=O)cc1OC. The third kappa shape index (κ3) is 6.29. The summed E-state index contributed by atoms with van der Waals surface area (Å²) >= 11 is 0. The summed E-state index contributed by atoms with van der Waals surface area (Å²) in [5, 5.41) is 2.95. The van der Waals surface area contributed by atoms with Crippen molar-refractivity contribution in [3.8, 4) is 11.5 Å². The van der Waals surface area contributed by atoms with Crippen molar-refractivity contribution >= 4 is 23.4 Å². The summed E-state index contributed by atoms with van der Waals surface area (Å²) in [4.78, 5) is 45.1. The van der Waals surface area contributed by atoms with E-state index in [1.54, 1.807) is 19.1 Å². The van der Waals surface area contributed by atoms with Gasteiger partial charge in [0, 0.05) is 31.7 Å². The van der Waals surface area contributed by atoms with Crippen LogP contribution in [-0.4, -0.2) is 80.1 Å². The van der Waals surface area contributed by atoms with Gasteiger partial charge in [0.2, 0.25) is 11.8 Å². The average Bonchev–Trinajstić information content (AvgIpc) is 3.19. The number of hydrogen-bond acceptors (Lipinski definition) is 6. The molecule has 0 unspecified atom stereocenters. The zero-order chi connectivity index (χ0) is 28.0. The summed E-state index contributed by atoms with van der Waals surface area (Å²) < 4.78 is 10.6. The van der Waals surface area contributed by atoms with E-state index in [4.69, 9.17) is 9.47 Å². The van der Waals surface area contributed by atoms with Gasteiger partial charge in [-0.3, -0.25) is 14.4 Å². The Labute approximate surface area is 231 Å². The van der Waals surface area contributed by atoms with Crippen LogP contribution in [0.25, 0.3) is 0 Å². The lowest BCUT2D eigenvalue weighted by Crippen LogP contribution is -2.57. The summed E-state index contributed by atoms with van der Waals surface area (Å²) in [6, 6.07) is 15.5. The minimum atomic E-state index is -0.754. The van der Waals surface area contributed by atoms with E-state index in [1.807, 2.05) is 67.3 Å². The molecular weight excluding hydrogens is 496 g/mol. The second kappa shape index (κ2) is 12.4. The highest BCUT2D eigenvalue weighted by atomic mass is 16.5. The van der Waals surface area contributed by atoms with Crippen LogP contribution in [0.1, 0.15) is 38.7 Å². The minimum absolute atomic E-state index is 0.00809. The van der Waals surface area contributed by atoms with Gasteiger partial charge in [-0.15, -0.1) is 0 Å². The fourth-order valence-electron chi connectivity index (χ4n) is 5.54. The molecule has 2 heterocycles. The second-order valence-electron chi connectivity index (χ2n) is 10.7. The average molecular weight is 537 g/mol. The molecule has 1 N–H and O–H groups in total. The van der Waals surface area contributed by atoms with E-state index < -0.39 is 5.54 Å². The van der Waals surface area contributed by atoms with Crippen LogP contribution in [0.3, 0.4) is 0 Å². The maximum absolute atomic E-state index is 13.9. The zero-order valence-electron chi connectivity index (χ0n) is 23.4. The number of hydrogen-bond donors (Lipinski definition) is 1. The number of rotatable bonds is 10. The molecular formula is C30H40N4O5. The molecule has 0 saturated carbocycles. The fraction of sp³-hybridized carbons (Fsp3) is 0.500. The Bertz CT molecular complexity index is 1160. The fourth-order valence-corrected chi connectivity index (χ4v) is 5.54. The van der Waals surface area contributed by atoms with E-state index in [0.717, 1.165) is 11.3 Å². The normalized spacial score (nSPS) is 16.6. The van der Waals surface area contributed by atoms with Crippen LogP contribution in [-0.2, 0) is 20.8 Å². The number of likely N-dealkylation sites (tertiary alicyclic amines) is 1. The van der Waals surface area contributed by atoms with Gasteiger partial charge in [-0.25, -0.2) is 0 Å². The van der Waals surface area contributed by atoms with Crippen molar-refractivity contribution in [2.75, 3.05) is 52.0 Å². The molecule has 2 aliphatic heterocycles. The third-order valence-electron chi connectivity index (χ3n) is 7.63. The van der Waals surface area contributed by atoms with Gasteiger partial charge in [0.15, 0.2) is 11.5 Å².